The molecule has 0 bridgehead atoms. The van der Waals surface area contributed by atoms with Crippen LogP contribution < -0.4 is 15.4 Å². The summed E-state index contributed by atoms with van der Waals surface area (Å²) >= 11 is 0. The van der Waals surface area contributed by atoms with Gasteiger partial charge in [0, 0.05) is 6.54 Å². The molecule has 0 aromatic heterocycles. The predicted molar refractivity (Wildman–Crippen MR) is 104 cm³/mol. The average Bonchev–Trinajstić information content (AvgIpc) is 2.93. The zero-order chi connectivity index (χ0) is 22.6. The molecular weight excluding hydrogens is 415 g/mol. The fraction of sp³-hybridized carbons (Fsp3) is 0.286. The van der Waals surface area contributed by atoms with Crippen molar-refractivity contribution >= 4 is 17.8 Å². The fourth-order valence-electron chi connectivity index (χ4n) is 3.20. The number of rotatable bonds is 8. The molecule has 0 aliphatic carbocycles. The summed E-state index contributed by atoms with van der Waals surface area (Å²) in [6.07, 6.45) is 0.411. The Bertz CT molecular complexity index is 967. The van der Waals surface area contributed by atoms with Crippen LogP contribution in [0.1, 0.15) is 18.1 Å². The van der Waals surface area contributed by atoms with Crippen LogP contribution in [-0.4, -0.2) is 42.4 Å². The number of urea groups is 1. The first kappa shape index (κ1) is 22.1. The summed E-state index contributed by atoms with van der Waals surface area (Å²) in [5.41, 5.74) is -0.220. The lowest BCUT2D eigenvalue weighted by atomic mass is 9.92. The lowest BCUT2D eigenvalue weighted by Gasteiger charge is -2.22. The van der Waals surface area contributed by atoms with E-state index in [1.54, 1.807) is 12.1 Å². The van der Waals surface area contributed by atoms with E-state index in [9.17, 15) is 27.6 Å². The van der Waals surface area contributed by atoms with Crippen LogP contribution in [0.4, 0.5) is 18.0 Å². The van der Waals surface area contributed by atoms with E-state index in [4.69, 9.17) is 0 Å². The van der Waals surface area contributed by atoms with E-state index in [1.807, 2.05) is 0 Å². The van der Waals surface area contributed by atoms with E-state index in [2.05, 4.69) is 15.4 Å². The van der Waals surface area contributed by atoms with E-state index < -0.39 is 42.4 Å². The van der Waals surface area contributed by atoms with Gasteiger partial charge >= 0.3 is 12.6 Å². The zero-order valence-corrected chi connectivity index (χ0v) is 16.5. The quantitative estimate of drug-likeness (QED) is 0.624. The van der Waals surface area contributed by atoms with Gasteiger partial charge in [0.05, 0.1) is 0 Å². The Hall–Kier alpha value is -3.56. The van der Waals surface area contributed by atoms with Crippen molar-refractivity contribution in [2.45, 2.75) is 25.5 Å². The highest BCUT2D eigenvalue weighted by Crippen LogP contribution is 2.28. The minimum Gasteiger partial charge on any atom is -0.435 e. The van der Waals surface area contributed by atoms with E-state index in [0.29, 0.717) is 12.0 Å². The minimum atomic E-state index is -2.90. The third kappa shape index (κ3) is 5.14. The summed E-state index contributed by atoms with van der Waals surface area (Å²) in [6, 6.07) is 10.4. The number of nitrogens with one attached hydrogen (secondary N) is 2. The normalized spacial score (nSPS) is 18.3. The maximum absolute atomic E-state index is 13.2. The fourth-order valence-corrected chi connectivity index (χ4v) is 3.20. The third-order valence-electron chi connectivity index (χ3n) is 4.88. The Morgan fingerprint density at radius 1 is 1.13 bits per heavy atom. The summed E-state index contributed by atoms with van der Waals surface area (Å²) in [4.78, 5) is 38.0. The number of carbonyl (C=O) groups excluding carboxylic acids is 3. The summed E-state index contributed by atoms with van der Waals surface area (Å²) in [5.74, 6) is -1.60. The first-order chi connectivity index (χ1) is 14.7. The molecule has 31 heavy (non-hydrogen) atoms. The smallest absolute Gasteiger partial charge is 0.387 e. The Balaban J connectivity index is 1.52. The highest BCUT2D eigenvalue weighted by atomic mass is 19.3. The molecule has 2 aromatic carbocycles. The Morgan fingerprint density at radius 2 is 1.77 bits per heavy atom. The SMILES string of the molecule is CC1(c2ccc(F)cc2)NC(=O)N(CC(=O)NCCc2ccc(OC(F)F)cc2)C1=O. The van der Waals surface area contributed by atoms with E-state index in [0.717, 1.165) is 10.5 Å². The van der Waals surface area contributed by atoms with Crippen molar-refractivity contribution in [3.8, 4) is 5.75 Å². The molecule has 1 fully saturated rings. The predicted octanol–water partition coefficient (Wildman–Crippen LogP) is 2.55. The monoisotopic (exact) mass is 435 g/mol. The molecule has 2 aromatic rings. The number of nitrogens with zero attached hydrogens (tertiary/aromatic N) is 1. The highest BCUT2D eigenvalue weighted by molar-refractivity contribution is 6.09. The van der Waals surface area contributed by atoms with Crippen LogP contribution in [-0.2, 0) is 21.5 Å². The largest absolute Gasteiger partial charge is 0.435 e. The van der Waals surface area contributed by atoms with Gasteiger partial charge in [-0.2, -0.15) is 8.78 Å². The molecule has 10 heteroatoms. The molecular formula is C21H20F3N3O4. The first-order valence-corrected chi connectivity index (χ1v) is 9.39. The maximum Gasteiger partial charge on any atom is 0.387 e. The number of carbonyl (C=O) groups is 3. The van der Waals surface area contributed by atoms with Gasteiger partial charge in [-0.25, -0.2) is 9.18 Å². The van der Waals surface area contributed by atoms with Gasteiger partial charge in [-0.15, -0.1) is 0 Å². The molecule has 0 spiro atoms. The molecule has 4 amide bonds. The van der Waals surface area contributed by atoms with Gasteiger partial charge in [-0.3, -0.25) is 14.5 Å². The molecule has 2 N–H and O–H groups in total. The Labute approximate surface area is 176 Å². The molecule has 164 valence electrons. The molecule has 1 saturated heterocycles. The minimum absolute atomic E-state index is 0.0329. The lowest BCUT2D eigenvalue weighted by Crippen LogP contribution is -2.43. The zero-order valence-electron chi connectivity index (χ0n) is 16.5. The van der Waals surface area contributed by atoms with Crippen molar-refractivity contribution in [3.63, 3.8) is 0 Å². The Morgan fingerprint density at radius 3 is 2.39 bits per heavy atom. The van der Waals surface area contributed by atoms with Crippen molar-refractivity contribution in [1.29, 1.82) is 0 Å². The lowest BCUT2D eigenvalue weighted by molar-refractivity contribution is -0.134. The number of hydrogen-bond acceptors (Lipinski definition) is 4. The number of benzene rings is 2. The standard InChI is InChI=1S/C21H20F3N3O4/c1-21(14-4-6-15(22)7-5-14)18(29)27(20(30)26-21)12-17(28)25-11-10-13-2-8-16(9-3-13)31-19(23)24/h2-9,19H,10-12H2,1H3,(H,25,28)(H,26,30). The van der Waals surface area contributed by atoms with E-state index >= 15 is 0 Å². The average molecular weight is 435 g/mol. The summed E-state index contributed by atoms with van der Waals surface area (Å²) in [6.45, 7) is -1.67. The molecule has 1 unspecified atom stereocenters. The van der Waals surface area contributed by atoms with Crippen molar-refractivity contribution in [2.24, 2.45) is 0 Å². The molecule has 1 heterocycles. The van der Waals surface area contributed by atoms with Crippen LogP contribution in [0, 0.1) is 5.82 Å². The van der Waals surface area contributed by atoms with Gasteiger partial charge in [0.15, 0.2) is 0 Å². The van der Waals surface area contributed by atoms with E-state index in [-0.39, 0.29) is 12.3 Å². The molecule has 7 nitrogen and oxygen atoms in total. The van der Waals surface area contributed by atoms with Crippen LogP contribution in [0.5, 0.6) is 5.75 Å². The first-order valence-electron chi connectivity index (χ1n) is 9.39. The van der Waals surface area contributed by atoms with Gasteiger partial charge in [0.1, 0.15) is 23.7 Å². The van der Waals surface area contributed by atoms with Gasteiger partial charge in [-0.05, 0) is 48.7 Å². The second-order valence-electron chi connectivity index (χ2n) is 7.08. The van der Waals surface area contributed by atoms with Crippen LogP contribution in [0.15, 0.2) is 48.5 Å². The van der Waals surface area contributed by atoms with Crippen LogP contribution >= 0.6 is 0 Å². The topological polar surface area (TPSA) is 87.7 Å². The molecule has 0 radical (unpaired) electrons. The molecule has 3 rings (SSSR count). The number of amides is 4. The van der Waals surface area contributed by atoms with Crippen molar-refractivity contribution in [1.82, 2.24) is 15.5 Å². The molecule has 1 aliphatic rings. The third-order valence-corrected chi connectivity index (χ3v) is 4.88. The summed E-state index contributed by atoms with van der Waals surface area (Å²) in [7, 11) is 0. The Kier molecular flexibility index (Phi) is 6.47. The molecule has 1 atom stereocenters. The number of imide groups is 1. The van der Waals surface area contributed by atoms with Gasteiger partial charge in [0.25, 0.3) is 5.91 Å². The van der Waals surface area contributed by atoms with Crippen LogP contribution in [0.3, 0.4) is 0 Å². The van der Waals surface area contributed by atoms with Crippen molar-refractivity contribution in [2.75, 3.05) is 13.1 Å². The molecule has 1 aliphatic heterocycles. The second-order valence-corrected chi connectivity index (χ2v) is 7.08. The summed E-state index contributed by atoms with van der Waals surface area (Å²) in [5, 5.41) is 5.15. The number of hydrogen-bond donors (Lipinski definition) is 2. The highest BCUT2D eigenvalue weighted by Gasteiger charge is 2.49. The number of ether oxygens (including phenoxy) is 1. The van der Waals surface area contributed by atoms with Crippen molar-refractivity contribution < 1.29 is 32.3 Å². The van der Waals surface area contributed by atoms with Gasteiger partial charge < -0.3 is 15.4 Å². The van der Waals surface area contributed by atoms with Gasteiger partial charge in [-0.1, -0.05) is 24.3 Å². The van der Waals surface area contributed by atoms with Crippen molar-refractivity contribution in [3.05, 3.63) is 65.5 Å². The second kappa shape index (κ2) is 9.07. The summed E-state index contributed by atoms with van der Waals surface area (Å²) < 4.78 is 41.7. The maximum atomic E-state index is 13.2. The molecule has 0 saturated carbocycles. The van der Waals surface area contributed by atoms with E-state index in [1.165, 1.54) is 43.3 Å². The van der Waals surface area contributed by atoms with Crippen LogP contribution in [0.2, 0.25) is 0 Å². The van der Waals surface area contributed by atoms with Gasteiger partial charge in [0.2, 0.25) is 5.91 Å². The van der Waals surface area contributed by atoms with Crippen LogP contribution in [0.25, 0.3) is 0 Å². The number of alkyl halides is 2. The number of halogens is 3.